The van der Waals surface area contributed by atoms with Gasteiger partial charge in [0.05, 0.1) is 11.7 Å². The molecular weight excluding hydrogens is 259 g/mol. The Morgan fingerprint density at radius 2 is 2.24 bits per heavy atom. The predicted molar refractivity (Wildman–Crippen MR) is 69.8 cm³/mol. The van der Waals surface area contributed by atoms with E-state index in [4.69, 9.17) is 27.9 Å². The van der Waals surface area contributed by atoms with Crippen molar-refractivity contribution in [1.29, 1.82) is 0 Å². The second-order valence-corrected chi connectivity index (χ2v) is 5.56. The van der Waals surface area contributed by atoms with E-state index in [9.17, 15) is 5.11 Å². The third kappa shape index (κ3) is 2.94. The number of benzene rings is 1. The topological polar surface area (TPSA) is 29.5 Å². The standard InChI is InChI=1S/C13H16Cl2O2/c1-13(5-2-6-17-13)12(16)8-9-7-10(14)3-4-11(9)15/h3-4,7,12,16H,2,5-6,8H2,1H3. The normalized spacial score (nSPS) is 26.1. The average Bonchev–Trinajstić information content (AvgIpc) is 2.72. The molecule has 1 N–H and O–H groups in total. The molecule has 4 heteroatoms. The number of aliphatic hydroxyl groups is 1. The van der Waals surface area contributed by atoms with Gasteiger partial charge in [0.25, 0.3) is 0 Å². The fraction of sp³-hybridized carbons (Fsp3) is 0.538. The van der Waals surface area contributed by atoms with Crippen molar-refractivity contribution in [2.75, 3.05) is 6.61 Å². The van der Waals surface area contributed by atoms with Crippen LogP contribution in [0.2, 0.25) is 10.0 Å². The summed E-state index contributed by atoms with van der Waals surface area (Å²) in [6.45, 7) is 2.67. The zero-order chi connectivity index (χ0) is 12.5. The maximum atomic E-state index is 10.3. The minimum absolute atomic E-state index is 0.453. The monoisotopic (exact) mass is 274 g/mol. The summed E-state index contributed by atoms with van der Waals surface area (Å²) in [5.74, 6) is 0. The fourth-order valence-corrected chi connectivity index (χ4v) is 2.58. The molecule has 0 aliphatic carbocycles. The van der Waals surface area contributed by atoms with Crippen molar-refractivity contribution in [2.24, 2.45) is 0 Å². The molecule has 0 amide bonds. The zero-order valence-corrected chi connectivity index (χ0v) is 11.3. The lowest BCUT2D eigenvalue weighted by atomic mass is 9.91. The van der Waals surface area contributed by atoms with E-state index in [2.05, 4.69) is 0 Å². The van der Waals surface area contributed by atoms with Gasteiger partial charge >= 0.3 is 0 Å². The average molecular weight is 275 g/mol. The van der Waals surface area contributed by atoms with Crippen molar-refractivity contribution in [3.63, 3.8) is 0 Å². The number of hydrogen-bond donors (Lipinski definition) is 1. The maximum absolute atomic E-state index is 10.3. The number of aliphatic hydroxyl groups excluding tert-OH is 1. The van der Waals surface area contributed by atoms with Crippen LogP contribution in [0.15, 0.2) is 18.2 Å². The quantitative estimate of drug-likeness (QED) is 0.915. The van der Waals surface area contributed by atoms with Crippen LogP contribution in [0.1, 0.15) is 25.3 Å². The van der Waals surface area contributed by atoms with Gasteiger partial charge < -0.3 is 9.84 Å². The third-order valence-electron chi connectivity index (χ3n) is 3.38. The van der Waals surface area contributed by atoms with Gasteiger partial charge in [-0.1, -0.05) is 23.2 Å². The van der Waals surface area contributed by atoms with E-state index in [0.29, 0.717) is 16.5 Å². The Balaban J connectivity index is 2.12. The first kappa shape index (κ1) is 13.2. The van der Waals surface area contributed by atoms with Gasteiger partial charge in [-0.25, -0.2) is 0 Å². The minimum atomic E-state index is -0.555. The summed E-state index contributed by atoms with van der Waals surface area (Å²) in [7, 11) is 0. The Bertz CT molecular complexity index is 400. The van der Waals surface area contributed by atoms with Crippen LogP contribution < -0.4 is 0 Å². The van der Waals surface area contributed by atoms with Gasteiger partial charge in [0.15, 0.2) is 0 Å². The van der Waals surface area contributed by atoms with Crippen LogP contribution in [0.25, 0.3) is 0 Å². The lowest BCUT2D eigenvalue weighted by Gasteiger charge is -2.29. The third-order valence-corrected chi connectivity index (χ3v) is 3.98. The molecule has 0 radical (unpaired) electrons. The maximum Gasteiger partial charge on any atom is 0.0916 e. The first-order chi connectivity index (χ1) is 8.01. The Labute approximate surface area is 111 Å². The molecular formula is C13H16Cl2O2. The van der Waals surface area contributed by atoms with Gasteiger partial charge in [-0.2, -0.15) is 0 Å². The minimum Gasteiger partial charge on any atom is -0.390 e. The summed E-state index contributed by atoms with van der Waals surface area (Å²) < 4.78 is 5.62. The van der Waals surface area contributed by atoms with Crippen LogP contribution in [-0.4, -0.2) is 23.4 Å². The van der Waals surface area contributed by atoms with E-state index in [-0.39, 0.29) is 0 Å². The molecule has 2 nitrogen and oxygen atoms in total. The lowest BCUT2D eigenvalue weighted by molar-refractivity contribution is -0.0768. The van der Waals surface area contributed by atoms with Gasteiger partial charge in [-0.05, 0) is 43.5 Å². The van der Waals surface area contributed by atoms with E-state index in [0.717, 1.165) is 25.0 Å². The molecule has 94 valence electrons. The molecule has 0 spiro atoms. The highest BCUT2D eigenvalue weighted by Crippen LogP contribution is 2.32. The molecule has 1 heterocycles. The Morgan fingerprint density at radius 1 is 1.47 bits per heavy atom. The molecule has 2 rings (SSSR count). The summed E-state index contributed by atoms with van der Waals surface area (Å²) >= 11 is 12.0. The Hall–Kier alpha value is -0.280. The molecule has 1 saturated heterocycles. The fourth-order valence-electron chi connectivity index (χ4n) is 2.19. The molecule has 1 aromatic rings. The molecule has 1 aliphatic heterocycles. The second-order valence-electron chi connectivity index (χ2n) is 4.72. The van der Waals surface area contributed by atoms with Gasteiger partial charge in [-0.3, -0.25) is 0 Å². The summed E-state index contributed by atoms with van der Waals surface area (Å²) in [4.78, 5) is 0. The van der Waals surface area contributed by atoms with Gasteiger partial charge in [-0.15, -0.1) is 0 Å². The van der Waals surface area contributed by atoms with E-state index < -0.39 is 11.7 Å². The highest BCUT2D eigenvalue weighted by Gasteiger charge is 2.37. The molecule has 1 fully saturated rings. The Kier molecular flexibility index (Phi) is 3.99. The molecule has 0 saturated carbocycles. The van der Waals surface area contributed by atoms with E-state index in [1.54, 1.807) is 18.2 Å². The number of halogens is 2. The van der Waals surface area contributed by atoms with E-state index >= 15 is 0 Å². The van der Waals surface area contributed by atoms with Crippen molar-refractivity contribution < 1.29 is 9.84 Å². The highest BCUT2D eigenvalue weighted by molar-refractivity contribution is 6.33. The van der Waals surface area contributed by atoms with Crippen molar-refractivity contribution in [2.45, 2.75) is 37.9 Å². The summed E-state index contributed by atoms with van der Waals surface area (Å²) in [5.41, 5.74) is 0.412. The van der Waals surface area contributed by atoms with Gasteiger partial charge in [0.2, 0.25) is 0 Å². The van der Waals surface area contributed by atoms with Crippen molar-refractivity contribution in [1.82, 2.24) is 0 Å². The van der Waals surface area contributed by atoms with E-state index in [1.165, 1.54) is 0 Å². The van der Waals surface area contributed by atoms with E-state index in [1.807, 2.05) is 6.92 Å². The Morgan fingerprint density at radius 3 is 2.88 bits per heavy atom. The van der Waals surface area contributed by atoms with Crippen LogP contribution in [0.4, 0.5) is 0 Å². The van der Waals surface area contributed by atoms with Crippen molar-refractivity contribution in [3.05, 3.63) is 33.8 Å². The second kappa shape index (κ2) is 5.15. The first-order valence-corrected chi connectivity index (χ1v) is 6.53. The largest absolute Gasteiger partial charge is 0.390 e. The van der Waals surface area contributed by atoms with Crippen molar-refractivity contribution in [3.8, 4) is 0 Å². The van der Waals surface area contributed by atoms with Crippen molar-refractivity contribution >= 4 is 23.2 Å². The predicted octanol–water partition coefficient (Wildman–Crippen LogP) is 3.47. The van der Waals surface area contributed by atoms with Crippen LogP contribution in [0.3, 0.4) is 0 Å². The van der Waals surface area contributed by atoms with Gasteiger partial charge in [0.1, 0.15) is 0 Å². The van der Waals surface area contributed by atoms with Crippen LogP contribution >= 0.6 is 23.2 Å². The summed E-state index contributed by atoms with van der Waals surface area (Å²) in [6, 6.07) is 5.29. The molecule has 0 aromatic heterocycles. The molecule has 2 atom stereocenters. The number of ether oxygens (including phenoxy) is 1. The highest BCUT2D eigenvalue weighted by atomic mass is 35.5. The summed E-state index contributed by atoms with van der Waals surface area (Å²) in [6.07, 6.45) is 1.79. The molecule has 1 aromatic carbocycles. The first-order valence-electron chi connectivity index (χ1n) is 5.77. The smallest absolute Gasteiger partial charge is 0.0916 e. The number of rotatable bonds is 3. The van der Waals surface area contributed by atoms with Crippen LogP contribution in [0, 0.1) is 0 Å². The number of hydrogen-bond acceptors (Lipinski definition) is 2. The SMILES string of the molecule is CC1(C(O)Cc2cc(Cl)ccc2Cl)CCCO1. The zero-order valence-electron chi connectivity index (χ0n) is 9.75. The molecule has 1 aliphatic rings. The molecule has 17 heavy (non-hydrogen) atoms. The van der Waals surface area contributed by atoms with Crippen LogP contribution in [0.5, 0.6) is 0 Å². The summed E-state index contributed by atoms with van der Waals surface area (Å²) in [5, 5.41) is 11.5. The lowest BCUT2D eigenvalue weighted by Crippen LogP contribution is -2.40. The van der Waals surface area contributed by atoms with Gasteiger partial charge in [0, 0.05) is 23.1 Å². The van der Waals surface area contributed by atoms with Crippen LogP contribution in [-0.2, 0) is 11.2 Å². The molecule has 2 unspecified atom stereocenters. The molecule has 0 bridgehead atoms.